The standard InChI is InChI=1S/C18H14N4O/c19-17(20)10-5-6-15-13(7-10)11(9-21-15)8-14-12-3-1-2-4-16(12)22-18(14)23/h1-9,21H,(H3,19,20)(H,22,23). The van der Waals surface area contributed by atoms with E-state index >= 15 is 0 Å². The molecule has 5 nitrogen and oxygen atoms in total. The lowest BCUT2D eigenvalue weighted by Crippen LogP contribution is -2.10. The third kappa shape index (κ3) is 2.10. The molecule has 0 aliphatic carbocycles. The average Bonchev–Trinajstić information content (AvgIpc) is 3.09. The predicted molar refractivity (Wildman–Crippen MR) is 92.3 cm³/mol. The number of rotatable bonds is 2. The highest BCUT2D eigenvalue weighted by atomic mass is 16.2. The van der Waals surface area contributed by atoms with Crippen LogP contribution in [0.15, 0.2) is 48.7 Å². The van der Waals surface area contributed by atoms with Gasteiger partial charge in [-0.3, -0.25) is 10.2 Å². The Morgan fingerprint density at radius 2 is 2.00 bits per heavy atom. The second kappa shape index (κ2) is 4.84. The minimum absolute atomic E-state index is 0.0238. The van der Waals surface area contributed by atoms with E-state index in [0.717, 1.165) is 27.7 Å². The number of anilines is 1. The number of aromatic amines is 1. The number of para-hydroxylation sites is 1. The van der Waals surface area contributed by atoms with E-state index in [2.05, 4.69) is 10.3 Å². The largest absolute Gasteiger partial charge is 0.384 e. The number of hydrogen-bond donors (Lipinski definition) is 4. The van der Waals surface area contributed by atoms with Gasteiger partial charge in [0, 0.05) is 45.1 Å². The van der Waals surface area contributed by atoms with Crippen molar-refractivity contribution in [1.82, 2.24) is 4.98 Å². The fraction of sp³-hybridized carbons (Fsp3) is 0. The summed E-state index contributed by atoms with van der Waals surface area (Å²) in [6.07, 6.45) is 3.72. The molecule has 2 aromatic carbocycles. The number of aromatic nitrogens is 1. The van der Waals surface area contributed by atoms with Gasteiger partial charge in [0.15, 0.2) is 0 Å². The first-order valence-corrected chi connectivity index (χ1v) is 7.21. The van der Waals surface area contributed by atoms with Crippen LogP contribution >= 0.6 is 0 Å². The molecule has 0 bridgehead atoms. The highest BCUT2D eigenvalue weighted by Crippen LogP contribution is 2.34. The molecular formula is C18H14N4O. The zero-order chi connectivity index (χ0) is 16.0. The van der Waals surface area contributed by atoms with E-state index in [9.17, 15) is 4.79 Å². The number of amidine groups is 1. The van der Waals surface area contributed by atoms with E-state index in [1.165, 1.54) is 0 Å². The van der Waals surface area contributed by atoms with Crippen molar-refractivity contribution in [3.05, 3.63) is 65.4 Å². The molecule has 3 aromatic rings. The lowest BCUT2D eigenvalue weighted by Gasteiger charge is -2.00. The number of amides is 1. The van der Waals surface area contributed by atoms with Gasteiger partial charge in [-0.2, -0.15) is 0 Å². The van der Waals surface area contributed by atoms with Crippen LogP contribution in [0, 0.1) is 5.41 Å². The molecule has 0 saturated carbocycles. The van der Waals surface area contributed by atoms with Crippen LogP contribution in [-0.2, 0) is 4.79 Å². The van der Waals surface area contributed by atoms with Gasteiger partial charge in [0.2, 0.25) is 0 Å². The summed E-state index contributed by atoms with van der Waals surface area (Å²) in [4.78, 5) is 15.4. The van der Waals surface area contributed by atoms with Gasteiger partial charge in [-0.1, -0.05) is 18.2 Å². The molecule has 0 radical (unpaired) electrons. The van der Waals surface area contributed by atoms with Crippen molar-refractivity contribution >= 4 is 40.0 Å². The molecule has 0 spiro atoms. The minimum atomic E-state index is -0.108. The van der Waals surface area contributed by atoms with E-state index < -0.39 is 0 Å². The van der Waals surface area contributed by atoms with E-state index in [-0.39, 0.29) is 11.7 Å². The maximum absolute atomic E-state index is 12.2. The lowest BCUT2D eigenvalue weighted by atomic mass is 10.0. The Hall–Kier alpha value is -3.34. The summed E-state index contributed by atoms with van der Waals surface area (Å²) in [7, 11) is 0. The third-order valence-electron chi connectivity index (χ3n) is 4.03. The van der Waals surface area contributed by atoms with Crippen molar-refractivity contribution in [3.8, 4) is 0 Å². The maximum Gasteiger partial charge on any atom is 0.256 e. The summed E-state index contributed by atoms with van der Waals surface area (Å²) in [5.41, 5.74) is 10.4. The van der Waals surface area contributed by atoms with Crippen LogP contribution in [-0.4, -0.2) is 16.7 Å². The first kappa shape index (κ1) is 13.3. The zero-order valence-corrected chi connectivity index (χ0v) is 12.2. The van der Waals surface area contributed by atoms with Crippen LogP contribution in [0.5, 0.6) is 0 Å². The van der Waals surface area contributed by atoms with Crippen LogP contribution < -0.4 is 11.1 Å². The zero-order valence-electron chi connectivity index (χ0n) is 12.2. The maximum atomic E-state index is 12.2. The van der Waals surface area contributed by atoms with Crippen molar-refractivity contribution in [2.75, 3.05) is 5.32 Å². The van der Waals surface area contributed by atoms with Crippen molar-refractivity contribution in [2.24, 2.45) is 5.73 Å². The molecule has 5 heteroatoms. The van der Waals surface area contributed by atoms with Crippen molar-refractivity contribution in [2.45, 2.75) is 0 Å². The van der Waals surface area contributed by atoms with E-state index in [1.54, 1.807) is 6.07 Å². The molecule has 5 N–H and O–H groups in total. The van der Waals surface area contributed by atoms with Gasteiger partial charge < -0.3 is 16.0 Å². The number of nitrogen functional groups attached to an aromatic ring is 1. The highest BCUT2D eigenvalue weighted by Gasteiger charge is 2.23. The van der Waals surface area contributed by atoms with Gasteiger partial charge in [0.05, 0.1) is 0 Å². The highest BCUT2D eigenvalue weighted by molar-refractivity contribution is 6.35. The van der Waals surface area contributed by atoms with Crippen LogP contribution in [0.25, 0.3) is 22.6 Å². The van der Waals surface area contributed by atoms with Crippen molar-refractivity contribution < 1.29 is 4.79 Å². The molecule has 0 saturated heterocycles. The van der Waals surface area contributed by atoms with Crippen LogP contribution in [0.4, 0.5) is 5.69 Å². The Morgan fingerprint density at radius 3 is 2.83 bits per heavy atom. The second-order valence-electron chi connectivity index (χ2n) is 5.48. The Kier molecular flexibility index (Phi) is 2.81. The lowest BCUT2D eigenvalue weighted by molar-refractivity contribution is -0.110. The quantitative estimate of drug-likeness (QED) is 0.333. The number of carbonyl (C=O) groups is 1. The Labute approximate surface area is 132 Å². The number of hydrogen-bond acceptors (Lipinski definition) is 2. The molecular weight excluding hydrogens is 288 g/mol. The molecule has 4 rings (SSSR count). The van der Waals surface area contributed by atoms with Gasteiger partial charge in [0.25, 0.3) is 5.91 Å². The van der Waals surface area contributed by atoms with Crippen LogP contribution in [0.3, 0.4) is 0 Å². The van der Waals surface area contributed by atoms with Crippen LogP contribution in [0.1, 0.15) is 16.7 Å². The van der Waals surface area contributed by atoms with Gasteiger partial charge in [-0.15, -0.1) is 0 Å². The first-order chi connectivity index (χ1) is 11.1. The second-order valence-corrected chi connectivity index (χ2v) is 5.48. The summed E-state index contributed by atoms with van der Waals surface area (Å²) in [5.74, 6) is -0.0843. The molecule has 1 aromatic heterocycles. The number of nitrogens with one attached hydrogen (secondary N) is 3. The summed E-state index contributed by atoms with van der Waals surface area (Å²) in [6.45, 7) is 0. The predicted octanol–water partition coefficient (Wildman–Crippen LogP) is 2.94. The summed E-state index contributed by atoms with van der Waals surface area (Å²) >= 11 is 0. The van der Waals surface area contributed by atoms with Crippen LogP contribution in [0.2, 0.25) is 0 Å². The molecule has 1 amide bonds. The fourth-order valence-electron chi connectivity index (χ4n) is 2.87. The van der Waals surface area contributed by atoms with Gasteiger partial charge in [0.1, 0.15) is 5.84 Å². The fourth-order valence-corrected chi connectivity index (χ4v) is 2.87. The van der Waals surface area contributed by atoms with E-state index in [4.69, 9.17) is 11.1 Å². The topological polar surface area (TPSA) is 94.8 Å². The number of carbonyl (C=O) groups excluding carboxylic acids is 1. The Morgan fingerprint density at radius 1 is 1.17 bits per heavy atom. The summed E-state index contributed by atoms with van der Waals surface area (Å²) in [5, 5.41) is 11.4. The molecule has 23 heavy (non-hydrogen) atoms. The monoisotopic (exact) mass is 302 g/mol. The third-order valence-corrected chi connectivity index (χ3v) is 4.03. The molecule has 1 aliphatic rings. The van der Waals surface area contributed by atoms with Crippen molar-refractivity contribution in [1.29, 1.82) is 5.41 Å². The molecule has 0 fully saturated rings. The summed E-state index contributed by atoms with van der Waals surface area (Å²) in [6, 6.07) is 13.2. The van der Waals surface area contributed by atoms with E-state index in [0.29, 0.717) is 11.1 Å². The van der Waals surface area contributed by atoms with E-state index in [1.807, 2.05) is 48.7 Å². The molecule has 2 heterocycles. The smallest absolute Gasteiger partial charge is 0.256 e. The normalized spacial score (nSPS) is 15.0. The molecule has 1 aliphatic heterocycles. The van der Waals surface area contributed by atoms with Crippen molar-refractivity contribution in [3.63, 3.8) is 0 Å². The minimum Gasteiger partial charge on any atom is -0.384 e. The molecule has 112 valence electrons. The van der Waals surface area contributed by atoms with Gasteiger partial charge in [-0.05, 0) is 30.3 Å². The summed E-state index contributed by atoms with van der Waals surface area (Å²) < 4.78 is 0. The molecule has 0 atom stereocenters. The number of benzene rings is 2. The Balaban J connectivity index is 1.88. The SMILES string of the molecule is N=C(N)c1ccc2[nH]cc(C=C3C(=O)Nc4ccccc43)c2c1. The average molecular weight is 302 g/mol. The van der Waals surface area contributed by atoms with Gasteiger partial charge >= 0.3 is 0 Å². The van der Waals surface area contributed by atoms with Gasteiger partial charge in [-0.25, -0.2) is 0 Å². The number of nitrogens with two attached hydrogens (primary N) is 1. The first-order valence-electron chi connectivity index (χ1n) is 7.21. The Bertz CT molecular complexity index is 997. The number of H-pyrrole nitrogens is 1. The molecule has 0 unspecified atom stereocenters. The number of fused-ring (bicyclic) bond motifs is 2.